The molecule has 29 heavy (non-hydrogen) atoms. The number of likely N-dealkylation sites (tertiary alicyclic amines) is 1. The Morgan fingerprint density at radius 2 is 2.10 bits per heavy atom. The first kappa shape index (κ1) is 21.5. The minimum atomic E-state index is -0.438. The molecule has 7 heteroatoms. The van der Waals surface area contributed by atoms with Crippen LogP contribution in [0.4, 0.5) is 5.00 Å². The van der Waals surface area contributed by atoms with Crippen LogP contribution in [0.25, 0.3) is 11.1 Å². The Hall–Kier alpha value is -2.22. The summed E-state index contributed by atoms with van der Waals surface area (Å²) in [6.07, 6.45) is 1.26. The number of aliphatic hydroxyl groups excluding tert-OH is 1. The molecular formula is C22H28N2O4S. The van der Waals surface area contributed by atoms with Crippen molar-refractivity contribution in [1.82, 2.24) is 4.90 Å². The number of nitrogens with zero attached hydrogens (tertiary/aromatic N) is 1. The molecule has 1 fully saturated rings. The summed E-state index contributed by atoms with van der Waals surface area (Å²) in [6, 6.07) is 6.08. The van der Waals surface area contributed by atoms with Crippen LogP contribution in [0.5, 0.6) is 0 Å². The highest BCUT2D eigenvalue weighted by Crippen LogP contribution is 2.37. The first-order chi connectivity index (χ1) is 13.9. The number of esters is 1. The second-order valence-corrected chi connectivity index (χ2v) is 8.35. The molecular weight excluding hydrogens is 388 g/mol. The van der Waals surface area contributed by atoms with Crippen LogP contribution in [0, 0.1) is 13.8 Å². The first-order valence-corrected chi connectivity index (χ1v) is 10.8. The van der Waals surface area contributed by atoms with Gasteiger partial charge in [-0.1, -0.05) is 23.8 Å². The van der Waals surface area contributed by atoms with Crippen LogP contribution in [-0.4, -0.2) is 54.2 Å². The van der Waals surface area contributed by atoms with Crippen LogP contribution in [0.1, 0.15) is 41.3 Å². The number of rotatable bonds is 6. The molecule has 2 N–H and O–H groups in total. The Kier molecular flexibility index (Phi) is 7.05. The van der Waals surface area contributed by atoms with E-state index in [0.717, 1.165) is 41.6 Å². The third-order valence-corrected chi connectivity index (χ3v) is 5.94. The summed E-state index contributed by atoms with van der Waals surface area (Å²) >= 11 is 1.33. The second-order valence-electron chi connectivity index (χ2n) is 7.47. The van der Waals surface area contributed by atoms with Crippen LogP contribution in [0.2, 0.25) is 0 Å². The first-order valence-electron chi connectivity index (χ1n) is 9.95. The lowest BCUT2D eigenvalue weighted by molar-refractivity contribution is -0.117. The number of amides is 1. The van der Waals surface area contributed by atoms with E-state index in [9.17, 15) is 14.7 Å². The maximum atomic E-state index is 12.7. The predicted octanol–water partition coefficient (Wildman–Crippen LogP) is 3.60. The maximum absolute atomic E-state index is 12.7. The van der Waals surface area contributed by atoms with Crippen molar-refractivity contribution in [3.05, 3.63) is 40.3 Å². The van der Waals surface area contributed by atoms with Gasteiger partial charge in [-0.2, -0.15) is 0 Å². The van der Waals surface area contributed by atoms with E-state index in [1.165, 1.54) is 11.3 Å². The summed E-state index contributed by atoms with van der Waals surface area (Å²) in [5.41, 5.74) is 4.34. The van der Waals surface area contributed by atoms with E-state index in [0.29, 0.717) is 17.1 Å². The molecule has 1 aromatic heterocycles. The largest absolute Gasteiger partial charge is 0.462 e. The van der Waals surface area contributed by atoms with Crippen molar-refractivity contribution in [3.8, 4) is 11.1 Å². The number of β-amino-alcohol motifs (C(OH)–C–C–N with tert-alkyl or cyclic N) is 1. The van der Waals surface area contributed by atoms with Gasteiger partial charge >= 0.3 is 5.97 Å². The van der Waals surface area contributed by atoms with Gasteiger partial charge in [0.1, 0.15) is 10.6 Å². The third kappa shape index (κ3) is 5.23. The molecule has 1 unspecified atom stereocenters. The summed E-state index contributed by atoms with van der Waals surface area (Å²) in [7, 11) is 0. The summed E-state index contributed by atoms with van der Waals surface area (Å²) in [5.74, 6) is -0.633. The molecule has 156 valence electrons. The molecule has 1 aliphatic heterocycles. The van der Waals surface area contributed by atoms with E-state index in [-0.39, 0.29) is 25.2 Å². The van der Waals surface area contributed by atoms with Crippen LogP contribution < -0.4 is 5.32 Å². The summed E-state index contributed by atoms with van der Waals surface area (Å²) < 4.78 is 5.27. The summed E-state index contributed by atoms with van der Waals surface area (Å²) in [5, 5.41) is 15.1. The van der Waals surface area contributed by atoms with Gasteiger partial charge in [0.25, 0.3) is 0 Å². The number of aryl methyl sites for hydroxylation is 2. The molecule has 6 nitrogen and oxygen atoms in total. The zero-order valence-corrected chi connectivity index (χ0v) is 18.0. The normalized spacial score (nSPS) is 17.2. The highest BCUT2D eigenvalue weighted by atomic mass is 32.1. The van der Waals surface area contributed by atoms with Crippen LogP contribution >= 0.6 is 11.3 Å². The Labute approximate surface area is 175 Å². The number of hydrogen-bond donors (Lipinski definition) is 2. The molecule has 0 radical (unpaired) electrons. The standard InChI is InChI=1S/C22H28N2O4S/c1-4-28-22(27)20-18(17-8-7-14(2)10-15(17)3)13-29-21(20)23-19(26)12-24-9-5-6-16(25)11-24/h7-8,10,13,16,25H,4-6,9,11-12H2,1-3H3,(H,23,26). The minimum absolute atomic E-state index is 0.191. The van der Waals surface area contributed by atoms with Crippen LogP contribution in [0.3, 0.4) is 0 Å². The molecule has 0 aliphatic carbocycles. The van der Waals surface area contributed by atoms with Gasteiger partial charge in [-0.05, 0) is 51.3 Å². The van der Waals surface area contributed by atoms with Gasteiger partial charge in [0.05, 0.1) is 19.3 Å². The molecule has 1 amide bonds. The van der Waals surface area contributed by atoms with Gasteiger partial charge in [-0.3, -0.25) is 9.69 Å². The van der Waals surface area contributed by atoms with Gasteiger partial charge < -0.3 is 15.2 Å². The van der Waals surface area contributed by atoms with Gasteiger partial charge in [-0.25, -0.2) is 4.79 Å². The Balaban J connectivity index is 1.85. The molecule has 0 bridgehead atoms. The SMILES string of the molecule is CCOC(=O)c1c(-c2ccc(C)cc2C)csc1NC(=O)CN1CCCC(O)C1. The fourth-order valence-electron chi connectivity index (χ4n) is 3.71. The molecule has 0 spiro atoms. The van der Waals surface area contributed by atoms with Crippen molar-refractivity contribution in [2.45, 2.75) is 39.7 Å². The number of hydrogen-bond acceptors (Lipinski definition) is 6. The number of piperidine rings is 1. The Morgan fingerprint density at radius 1 is 1.31 bits per heavy atom. The molecule has 2 heterocycles. The smallest absolute Gasteiger partial charge is 0.341 e. The number of anilines is 1. The number of nitrogens with one attached hydrogen (secondary N) is 1. The van der Waals surface area contributed by atoms with Gasteiger partial charge in [0.2, 0.25) is 5.91 Å². The second kappa shape index (κ2) is 9.52. The van der Waals surface area contributed by atoms with Crippen molar-refractivity contribution >= 4 is 28.2 Å². The number of aliphatic hydroxyl groups is 1. The molecule has 1 saturated heterocycles. The van der Waals surface area contributed by atoms with Crippen molar-refractivity contribution in [3.63, 3.8) is 0 Å². The van der Waals surface area contributed by atoms with Crippen LogP contribution in [0.15, 0.2) is 23.6 Å². The minimum Gasteiger partial charge on any atom is -0.462 e. The van der Waals surface area contributed by atoms with Gasteiger partial charge in [0.15, 0.2) is 0 Å². The summed E-state index contributed by atoms with van der Waals surface area (Å²) in [4.78, 5) is 27.2. The fraction of sp³-hybridized carbons (Fsp3) is 0.455. The van der Waals surface area contributed by atoms with E-state index in [1.807, 2.05) is 36.3 Å². The molecule has 0 saturated carbocycles. The monoisotopic (exact) mass is 416 g/mol. The highest BCUT2D eigenvalue weighted by molar-refractivity contribution is 7.15. The van der Waals surface area contributed by atoms with E-state index in [1.54, 1.807) is 6.92 Å². The van der Waals surface area contributed by atoms with Crippen molar-refractivity contribution in [2.24, 2.45) is 0 Å². The molecule has 2 aromatic rings. The average Bonchev–Trinajstić information content (AvgIpc) is 3.05. The maximum Gasteiger partial charge on any atom is 0.341 e. The molecule has 1 aliphatic rings. The van der Waals surface area contributed by atoms with Gasteiger partial charge in [0, 0.05) is 17.5 Å². The van der Waals surface area contributed by atoms with Crippen molar-refractivity contribution in [2.75, 3.05) is 31.6 Å². The number of carbonyl (C=O) groups is 2. The zero-order valence-electron chi connectivity index (χ0n) is 17.2. The number of thiophene rings is 1. The Morgan fingerprint density at radius 3 is 2.79 bits per heavy atom. The average molecular weight is 417 g/mol. The molecule has 1 atom stereocenters. The number of carbonyl (C=O) groups excluding carboxylic acids is 2. The summed E-state index contributed by atoms with van der Waals surface area (Å²) in [6.45, 7) is 7.54. The highest BCUT2D eigenvalue weighted by Gasteiger charge is 2.25. The lowest BCUT2D eigenvalue weighted by Crippen LogP contribution is -2.42. The van der Waals surface area contributed by atoms with E-state index < -0.39 is 5.97 Å². The lowest BCUT2D eigenvalue weighted by Gasteiger charge is -2.29. The molecule has 1 aromatic carbocycles. The van der Waals surface area contributed by atoms with Crippen molar-refractivity contribution < 1.29 is 19.4 Å². The van der Waals surface area contributed by atoms with Crippen LogP contribution in [-0.2, 0) is 9.53 Å². The van der Waals surface area contributed by atoms with Gasteiger partial charge in [-0.15, -0.1) is 11.3 Å². The van der Waals surface area contributed by atoms with E-state index >= 15 is 0 Å². The quantitative estimate of drug-likeness (QED) is 0.704. The third-order valence-electron chi connectivity index (χ3n) is 5.04. The molecule has 3 rings (SSSR count). The topological polar surface area (TPSA) is 78.9 Å². The van der Waals surface area contributed by atoms with Crippen molar-refractivity contribution in [1.29, 1.82) is 0 Å². The zero-order chi connectivity index (χ0) is 21.0. The fourth-order valence-corrected chi connectivity index (χ4v) is 4.68. The van der Waals surface area contributed by atoms with E-state index in [4.69, 9.17) is 4.74 Å². The number of benzene rings is 1. The number of ether oxygens (including phenoxy) is 1. The van der Waals surface area contributed by atoms with E-state index in [2.05, 4.69) is 11.4 Å². The Bertz CT molecular complexity index is 893. The lowest BCUT2D eigenvalue weighted by atomic mass is 9.97. The predicted molar refractivity (Wildman–Crippen MR) is 115 cm³/mol.